The van der Waals surface area contributed by atoms with Crippen LogP contribution in [-0.2, 0) is 14.9 Å². The molecule has 0 atom stereocenters. The van der Waals surface area contributed by atoms with Crippen molar-refractivity contribution >= 4 is 16.1 Å². The first-order valence-corrected chi connectivity index (χ1v) is 9.64. The first-order valence-electron chi connectivity index (χ1n) is 8.23. The Kier molecular flexibility index (Phi) is 12.4. The SMILES string of the molecule is CCCCCCCCCC(=O)Oc1cc(S(=O)(=O)[O-])ccc1OC.[Na+]. The summed E-state index contributed by atoms with van der Waals surface area (Å²) < 4.78 is 43.3. The maximum absolute atomic E-state index is 11.9. The Morgan fingerprint density at radius 1 is 1.04 bits per heavy atom. The monoisotopic (exact) mass is 380 g/mol. The van der Waals surface area contributed by atoms with E-state index >= 15 is 0 Å². The van der Waals surface area contributed by atoms with Crippen LogP contribution in [0.4, 0.5) is 0 Å². The zero-order valence-electron chi connectivity index (χ0n) is 15.2. The van der Waals surface area contributed by atoms with Gasteiger partial charge >= 0.3 is 35.5 Å². The predicted molar refractivity (Wildman–Crippen MR) is 89.2 cm³/mol. The zero-order chi connectivity index (χ0) is 18.0. The number of esters is 1. The molecule has 0 aromatic heterocycles. The third-order valence-corrected chi connectivity index (χ3v) is 4.46. The van der Waals surface area contributed by atoms with Gasteiger partial charge in [-0.15, -0.1) is 0 Å². The van der Waals surface area contributed by atoms with E-state index in [9.17, 15) is 17.8 Å². The smallest absolute Gasteiger partial charge is 0.744 e. The van der Waals surface area contributed by atoms with Crippen LogP contribution in [0.2, 0.25) is 0 Å². The number of unbranched alkanes of at least 4 members (excludes halogenated alkanes) is 6. The fourth-order valence-electron chi connectivity index (χ4n) is 2.29. The molecular weight excluding hydrogens is 355 g/mol. The molecule has 0 saturated heterocycles. The molecule has 0 saturated carbocycles. The van der Waals surface area contributed by atoms with E-state index in [2.05, 4.69) is 6.92 Å². The summed E-state index contributed by atoms with van der Waals surface area (Å²) in [4.78, 5) is 11.4. The van der Waals surface area contributed by atoms with Crippen LogP contribution in [0.5, 0.6) is 11.5 Å². The Balaban J connectivity index is 0.00000576. The second-order valence-corrected chi connectivity index (χ2v) is 6.99. The van der Waals surface area contributed by atoms with Gasteiger partial charge in [0.2, 0.25) is 0 Å². The summed E-state index contributed by atoms with van der Waals surface area (Å²) in [6.45, 7) is 2.16. The average Bonchev–Trinajstić information content (AvgIpc) is 2.53. The van der Waals surface area contributed by atoms with Crippen LogP contribution >= 0.6 is 0 Å². The van der Waals surface area contributed by atoms with Gasteiger partial charge in [-0.1, -0.05) is 45.4 Å². The quantitative estimate of drug-likeness (QED) is 0.184. The third kappa shape index (κ3) is 9.61. The van der Waals surface area contributed by atoms with Crippen LogP contribution in [0.3, 0.4) is 0 Å². The van der Waals surface area contributed by atoms with Crippen molar-refractivity contribution in [3.63, 3.8) is 0 Å². The summed E-state index contributed by atoms with van der Waals surface area (Å²) >= 11 is 0. The average molecular weight is 380 g/mol. The van der Waals surface area contributed by atoms with Crippen molar-refractivity contribution in [1.82, 2.24) is 0 Å². The Hall–Kier alpha value is -0.600. The van der Waals surface area contributed by atoms with E-state index in [1.54, 1.807) is 0 Å². The molecule has 8 heteroatoms. The standard InChI is InChI=1S/C17H26O6S.Na/c1-3-4-5-6-7-8-9-10-17(18)23-16-13-14(24(19,20)21)11-12-15(16)22-2;/h11-13H,3-10H2,1-2H3,(H,19,20,21);/q;+1/p-1. The summed E-state index contributed by atoms with van der Waals surface area (Å²) in [7, 11) is -3.25. The molecule has 1 aromatic rings. The number of hydrogen-bond donors (Lipinski definition) is 0. The van der Waals surface area contributed by atoms with Crippen molar-refractivity contribution in [3.8, 4) is 11.5 Å². The van der Waals surface area contributed by atoms with Crippen LogP contribution in [0.15, 0.2) is 23.1 Å². The molecule has 0 heterocycles. The fourth-order valence-corrected chi connectivity index (χ4v) is 2.78. The Labute approximate surface area is 172 Å². The van der Waals surface area contributed by atoms with Gasteiger partial charge in [0.05, 0.1) is 12.0 Å². The van der Waals surface area contributed by atoms with E-state index in [1.165, 1.54) is 38.9 Å². The number of ether oxygens (including phenoxy) is 2. The molecule has 6 nitrogen and oxygen atoms in total. The second kappa shape index (κ2) is 12.7. The molecule has 0 fully saturated rings. The van der Waals surface area contributed by atoms with Gasteiger partial charge in [-0.2, -0.15) is 0 Å². The minimum atomic E-state index is -4.62. The Bertz CT molecular complexity index is 630. The summed E-state index contributed by atoms with van der Waals surface area (Å²) in [5.74, 6) is -0.319. The van der Waals surface area contributed by atoms with Crippen molar-refractivity contribution < 1.29 is 56.8 Å². The summed E-state index contributed by atoms with van der Waals surface area (Å²) in [6, 6.07) is 3.43. The first kappa shape index (κ1) is 24.4. The number of methoxy groups -OCH3 is 1. The molecule has 0 unspecified atom stereocenters. The number of carbonyl (C=O) groups excluding carboxylic acids is 1. The zero-order valence-corrected chi connectivity index (χ0v) is 18.1. The first-order chi connectivity index (χ1) is 11.4. The minimum Gasteiger partial charge on any atom is -0.744 e. The molecule has 1 aromatic carbocycles. The minimum absolute atomic E-state index is 0. The van der Waals surface area contributed by atoms with Gasteiger partial charge in [0.1, 0.15) is 10.1 Å². The molecule has 0 N–H and O–H groups in total. The molecule has 0 bridgehead atoms. The van der Waals surface area contributed by atoms with Crippen molar-refractivity contribution in [2.24, 2.45) is 0 Å². The maximum Gasteiger partial charge on any atom is 1.00 e. The van der Waals surface area contributed by atoms with E-state index in [0.29, 0.717) is 6.42 Å². The summed E-state index contributed by atoms with van der Waals surface area (Å²) in [5, 5.41) is 0. The summed E-state index contributed by atoms with van der Waals surface area (Å²) in [5.41, 5.74) is 0. The molecule has 0 aliphatic rings. The number of carbonyl (C=O) groups is 1. The molecule has 0 aliphatic heterocycles. The molecule has 25 heavy (non-hydrogen) atoms. The fraction of sp³-hybridized carbons (Fsp3) is 0.588. The number of benzene rings is 1. The van der Waals surface area contributed by atoms with E-state index < -0.39 is 21.0 Å². The van der Waals surface area contributed by atoms with Crippen LogP contribution < -0.4 is 39.0 Å². The second-order valence-electron chi connectivity index (χ2n) is 5.61. The Morgan fingerprint density at radius 3 is 2.20 bits per heavy atom. The third-order valence-electron chi connectivity index (χ3n) is 3.63. The molecule has 0 radical (unpaired) electrons. The summed E-state index contributed by atoms with van der Waals surface area (Å²) in [6.07, 6.45) is 7.81. The van der Waals surface area contributed by atoms with Gasteiger partial charge in [0.15, 0.2) is 11.5 Å². The van der Waals surface area contributed by atoms with E-state index in [4.69, 9.17) is 9.47 Å². The van der Waals surface area contributed by atoms with E-state index in [-0.39, 0.29) is 47.5 Å². The normalized spacial score (nSPS) is 10.8. The number of hydrogen-bond acceptors (Lipinski definition) is 6. The maximum atomic E-state index is 11.9. The number of rotatable bonds is 11. The topological polar surface area (TPSA) is 92.7 Å². The van der Waals surface area contributed by atoms with Gasteiger partial charge < -0.3 is 14.0 Å². The molecule has 1 rings (SSSR count). The van der Waals surface area contributed by atoms with Crippen LogP contribution in [0.25, 0.3) is 0 Å². The van der Waals surface area contributed by atoms with Crippen molar-refractivity contribution in [1.29, 1.82) is 0 Å². The van der Waals surface area contributed by atoms with Crippen LogP contribution in [0, 0.1) is 0 Å². The predicted octanol–water partition coefficient (Wildman–Crippen LogP) is 0.649. The van der Waals surface area contributed by atoms with Crippen molar-refractivity contribution in [2.75, 3.05) is 7.11 Å². The molecule has 136 valence electrons. The molecule has 0 aliphatic carbocycles. The van der Waals surface area contributed by atoms with Crippen LogP contribution in [0.1, 0.15) is 58.3 Å². The van der Waals surface area contributed by atoms with Crippen molar-refractivity contribution in [2.45, 2.75) is 63.2 Å². The molecule has 0 spiro atoms. The Morgan fingerprint density at radius 2 is 1.64 bits per heavy atom. The van der Waals surface area contributed by atoms with Crippen LogP contribution in [-0.4, -0.2) is 26.0 Å². The van der Waals surface area contributed by atoms with Gasteiger partial charge in [0.25, 0.3) is 0 Å². The van der Waals surface area contributed by atoms with Gasteiger partial charge in [-0.25, -0.2) is 8.42 Å². The van der Waals surface area contributed by atoms with Gasteiger partial charge in [-0.3, -0.25) is 4.79 Å². The van der Waals surface area contributed by atoms with Gasteiger partial charge in [-0.05, 0) is 18.6 Å². The van der Waals surface area contributed by atoms with Gasteiger partial charge in [0, 0.05) is 12.5 Å². The molecule has 0 amide bonds. The molecular formula is C17H25NaO6S. The van der Waals surface area contributed by atoms with Crippen molar-refractivity contribution in [3.05, 3.63) is 18.2 Å². The van der Waals surface area contributed by atoms with E-state index in [1.807, 2.05) is 0 Å². The van der Waals surface area contributed by atoms with E-state index in [0.717, 1.165) is 25.0 Å². The largest absolute Gasteiger partial charge is 1.00 e.